The van der Waals surface area contributed by atoms with Gasteiger partial charge in [0.15, 0.2) is 0 Å². The van der Waals surface area contributed by atoms with Crippen LogP contribution in [0.5, 0.6) is 0 Å². The van der Waals surface area contributed by atoms with E-state index in [1.807, 2.05) is 0 Å². The van der Waals surface area contributed by atoms with Crippen molar-refractivity contribution in [1.29, 1.82) is 0 Å². The fourth-order valence-electron chi connectivity index (χ4n) is 0.810. The minimum absolute atomic E-state index is 0.00836. The first-order valence-corrected chi connectivity index (χ1v) is 3.47. The first kappa shape index (κ1) is 7.47. The third-order valence-corrected chi connectivity index (χ3v) is 1.71. The van der Waals surface area contributed by atoms with Crippen LogP contribution in [0.2, 0.25) is 0 Å². The van der Waals surface area contributed by atoms with E-state index in [0.717, 1.165) is 0 Å². The van der Waals surface area contributed by atoms with Crippen LogP contribution in [-0.4, -0.2) is 35.8 Å². The molecule has 0 unspecified atom stereocenters. The van der Waals surface area contributed by atoms with Gasteiger partial charge in [-0.2, -0.15) is 4.91 Å². The Morgan fingerprint density at radius 3 is 2.70 bits per heavy atom. The van der Waals surface area contributed by atoms with Crippen molar-refractivity contribution in [3.63, 3.8) is 0 Å². The summed E-state index contributed by atoms with van der Waals surface area (Å²) < 4.78 is 0. The molecule has 0 aromatic rings. The molecule has 0 aromatic heterocycles. The number of hydrogen-bond acceptors (Lipinski definition) is 3. The Labute approximate surface area is 63.1 Å². The molecule has 1 heterocycles. The number of carbonyl (C=O) groups excluding carboxylic acids is 1. The second kappa shape index (κ2) is 2.96. The van der Waals surface area contributed by atoms with Crippen LogP contribution in [-0.2, 0) is 4.79 Å². The fraction of sp³-hybridized carbons (Fsp3) is 0.800. The molecule has 4 nitrogen and oxygen atoms in total. The van der Waals surface area contributed by atoms with Gasteiger partial charge in [-0.1, -0.05) is 5.18 Å². The maximum Gasteiger partial charge on any atom is 0.237 e. The molecular formula is C5H7ClN2O2. The molecule has 0 bridgehead atoms. The number of hydrogen-bond donors (Lipinski definition) is 0. The predicted octanol–water partition coefficient (Wildman–Crippen LogP) is 0.202. The van der Waals surface area contributed by atoms with Gasteiger partial charge in [-0.15, -0.1) is 11.6 Å². The summed E-state index contributed by atoms with van der Waals surface area (Å²) >= 11 is 5.25. The number of likely N-dealkylation sites (tertiary alicyclic amines) is 1. The van der Waals surface area contributed by atoms with Gasteiger partial charge in [0.05, 0.1) is 0 Å². The summed E-state index contributed by atoms with van der Waals surface area (Å²) in [6.45, 7) is 0.879. The van der Waals surface area contributed by atoms with Crippen molar-refractivity contribution in [2.75, 3.05) is 19.0 Å². The molecule has 1 amide bonds. The number of amides is 1. The Morgan fingerprint density at radius 1 is 1.70 bits per heavy atom. The third kappa shape index (κ3) is 1.26. The molecule has 0 saturated carbocycles. The predicted molar refractivity (Wildman–Crippen MR) is 36.9 cm³/mol. The molecule has 1 aliphatic rings. The van der Waals surface area contributed by atoms with Gasteiger partial charge < -0.3 is 4.90 Å². The van der Waals surface area contributed by atoms with E-state index in [0.29, 0.717) is 13.1 Å². The van der Waals surface area contributed by atoms with Crippen molar-refractivity contribution in [2.24, 2.45) is 5.18 Å². The van der Waals surface area contributed by atoms with E-state index in [1.165, 1.54) is 4.90 Å². The molecule has 0 radical (unpaired) electrons. The Balaban J connectivity index is 2.25. The molecule has 0 N–H and O–H groups in total. The molecule has 5 heteroatoms. The second-order valence-electron chi connectivity index (χ2n) is 2.19. The second-order valence-corrected chi connectivity index (χ2v) is 2.46. The van der Waals surface area contributed by atoms with E-state index >= 15 is 0 Å². The summed E-state index contributed by atoms with van der Waals surface area (Å²) in [6, 6.07) is -0.202. The highest BCUT2D eigenvalue weighted by molar-refractivity contribution is 6.27. The van der Waals surface area contributed by atoms with Gasteiger partial charge in [-0.3, -0.25) is 4.79 Å². The normalized spacial score (nSPS) is 18.3. The summed E-state index contributed by atoms with van der Waals surface area (Å²) in [6.07, 6.45) is 0. The van der Waals surface area contributed by atoms with Crippen molar-refractivity contribution >= 4 is 17.5 Å². The molecule has 1 fully saturated rings. The van der Waals surface area contributed by atoms with E-state index < -0.39 is 0 Å². The molecule has 0 atom stereocenters. The lowest BCUT2D eigenvalue weighted by molar-refractivity contribution is -0.132. The first-order chi connectivity index (χ1) is 4.77. The lowest BCUT2D eigenvalue weighted by Gasteiger charge is -2.34. The van der Waals surface area contributed by atoms with Gasteiger partial charge in [-0.05, 0) is 0 Å². The molecule has 1 rings (SSSR count). The number of carbonyl (C=O) groups is 1. The van der Waals surface area contributed by atoms with Crippen LogP contribution in [0.3, 0.4) is 0 Å². The maximum atomic E-state index is 10.7. The average molecular weight is 163 g/mol. The third-order valence-electron chi connectivity index (χ3n) is 1.48. The van der Waals surface area contributed by atoms with Crippen LogP contribution < -0.4 is 0 Å². The van der Waals surface area contributed by atoms with Crippen LogP contribution in [0, 0.1) is 4.91 Å². The van der Waals surface area contributed by atoms with Crippen molar-refractivity contribution in [1.82, 2.24) is 4.90 Å². The van der Waals surface area contributed by atoms with E-state index in [1.54, 1.807) is 0 Å². The molecule has 1 aliphatic heterocycles. The fourth-order valence-corrected chi connectivity index (χ4v) is 0.979. The molecule has 0 aromatic carbocycles. The summed E-state index contributed by atoms with van der Waals surface area (Å²) in [4.78, 5) is 22.0. The molecule has 1 saturated heterocycles. The number of nitrogens with zero attached hydrogens (tertiary/aromatic N) is 2. The molecular weight excluding hydrogens is 156 g/mol. The number of alkyl halides is 1. The summed E-state index contributed by atoms with van der Waals surface area (Å²) in [5, 5.41) is 2.77. The lowest BCUT2D eigenvalue weighted by Crippen LogP contribution is -2.53. The summed E-state index contributed by atoms with van der Waals surface area (Å²) in [5.74, 6) is -0.132. The number of nitroso groups, excluding NO2 is 1. The molecule has 0 aliphatic carbocycles. The topological polar surface area (TPSA) is 49.7 Å². The van der Waals surface area contributed by atoms with Crippen LogP contribution in [0.15, 0.2) is 5.18 Å². The van der Waals surface area contributed by atoms with Crippen LogP contribution in [0.25, 0.3) is 0 Å². The maximum absolute atomic E-state index is 10.7. The van der Waals surface area contributed by atoms with Crippen molar-refractivity contribution in [3.8, 4) is 0 Å². The molecule has 0 spiro atoms. The zero-order valence-electron chi connectivity index (χ0n) is 5.29. The Kier molecular flexibility index (Phi) is 2.21. The average Bonchev–Trinajstić information content (AvgIpc) is 1.85. The SMILES string of the molecule is O=NC1CN(C(=O)CCl)C1. The van der Waals surface area contributed by atoms with Gasteiger partial charge in [0.25, 0.3) is 0 Å². The van der Waals surface area contributed by atoms with Gasteiger partial charge in [0.1, 0.15) is 11.9 Å². The summed E-state index contributed by atoms with van der Waals surface area (Å²) in [5.41, 5.74) is 0. The van der Waals surface area contributed by atoms with Gasteiger partial charge in [0, 0.05) is 13.1 Å². The van der Waals surface area contributed by atoms with E-state index in [9.17, 15) is 9.70 Å². The van der Waals surface area contributed by atoms with E-state index in [4.69, 9.17) is 11.6 Å². The van der Waals surface area contributed by atoms with Crippen LogP contribution in [0.1, 0.15) is 0 Å². The van der Waals surface area contributed by atoms with Crippen molar-refractivity contribution in [3.05, 3.63) is 4.91 Å². The van der Waals surface area contributed by atoms with Crippen LogP contribution in [0.4, 0.5) is 0 Å². The van der Waals surface area contributed by atoms with Crippen LogP contribution >= 0.6 is 11.6 Å². The van der Waals surface area contributed by atoms with Crippen molar-refractivity contribution in [2.45, 2.75) is 6.04 Å². The minimum Gasteiger partial charge on any atom is -0.337 e. The standard InChI is InChI=1S/C5H7ClN2O2/c6-1-5(9)8-2-4(3-8)7-10/h4H,1-3H2. The largest absolute Gasteiger partial charge is 0.337 e. The highest BCUT2D eigenvalue weighted by Crippen LogP contribution is 2.10. The molecule has 56 valence electrons. The zero-order valence-corrected chi connectivity index (χ0v) is 6.04. The number of halogens is 1. The van der Waals surface area contributed by atoms with E-state index in [-0.39, 0.29) is 17.8 Å². The van der Waals surface area contributed by atoms with Gasteiger partial charge in [0.2, 0.25) is 5.91 Å². The molecule has 10 heavy (non-hydrogen) atoms. The lowest BCUT2D eigenvalue weighted by atomic mass is 10.1. The van der Waals surface area contributed by atoms with Gasteiger partial charge in [-0.25, -0.2) is 0 Å². The highest BCUT2D eigenvalue weighted by atomic mass is 35.5. The number of rotatable bonds is 2. The van der Waals surface area contributed by atoms with E-state index in [2.05, 4.69) is 5.18 Å². The van der Waals surface area contributed by atoms with Gasteiger partial charge >= 0.3 is 0 Å². The Bertz CT molecular complexity index is 156. The smallest absolute Gasteiger partial charge is 0.237 e. The monoisotopic (exact) mass is 162 g/mol. The first-order valence-electron chi connectivity index (χ1n) is 2.94. The summed E-state index contributed by atoms with van der Waals surface area (Å²) in [7, 11) is 0. The highest BCUT2D eigenvalue weighted by Gasteiger charge is 2.30. The zero-order chi connectivity index (χ0) is 7.56. The minimum atomic E-state index is -0.202. The van der Waals surface area contributed by atoms with Crippen molar-refractivity contribution < 1.29 is 4.79 Å². The Morgan fingerprint density at radius 2 is 2.30 bits per heavy atom. The Hall–Kier alpha value is -0.640. The quantitative estimate of drug-likeness (QED) is 0.430.